The van der Waals surface area contributed by atoms with E-state index in [-0.39, 0.29) is 85.8 Å². The maximum atomic E-state index is 14.1. The number of halogens is 1. The van der Waals surface area contributed by atoms with Crippen molar-refractivity contribution in [3.63, 3.8) is 0 Å². The van der Waals surface area contributed by atoms with Gasteiger partial charge in [0, 0.05) is 62.2 Å². The molecule has 18 nitrogen and oxygen atoms in total. The average Bonchev–Trinajstić information content (AvgIpc) is 4.17. The van der Waals surface area contributed by atoms with Gasteiger partial charge in [0.2, 0.25) is 17.7 Å². The van der Waals surface area contributed by atoms with Gasteiger partial charge < -0.3 is 40.2 Å². The number of hydrogen-bond acceptors (Lipinski definition) is 14. The molecule has 1 aliphatic heterocycles. The molecule has 4 N–H and O–H groups in total. The Kier molecular flexibility index (Phi) is 15.4. The van der Waals surface area contributed by atoms with Gasteiger partial charge in [0.1, 0.15) is 47.7 Å². The number of pyridine rings is 1. The number of Topliss-reactive ketones (excluding diaryl/α,β-unsaturated/α-hetero) is 2. The van der Waals surface area contributed by atoms with Crippen molar-refractivity contribution in [2.45, 2.75) is 76.9 Å². The molecule has 0 bridgehead atoms. The maximum Gasteiger partial charge on any atom is 0.248 e. The fourth-order valence-corrected chi connectivity index (χ4v) is 8.23. The van der Waals surface area contributed by atoms with Crippen LogP contribution in [-0.4, -0.2) is 137 Å². The van der Waals surface area contributed by atoms with Gasteiger partial charge in [0.25, 0.3) is 0 Å². The largest absolute Gasteiger partial charge is 0.378 e. The Morgan fingerprint density at radius 3 is 2.37 bits per heavy atom. The number of benzene rings is 1. The number of rotatable bonds is 25. The van der Waals surface area contributed by atoms with E-state index in [4.69, 9.17) is 24.7 Å². The lowest BCUT2D eigenvalue weighted by Crippen LogP contribution is -2.47. The van der Waals surface area contributed by atoms with E-state index in [0.717, 1.165) is 30.4 Å². The Morgan fingerprint density at radius 1 is 0.905 bits per heavy atom. The summed E-state index contributed by atoms with van der Waals surface area (Å²) in [6.45, 7) is 5.97. The van der Waals surface area contributed by atoms with Crippen LogP contribution in [0.2, 0.25) is 0 Å². The van der Waals surface area contributed by atoms with Crippen LogP contribution >= 0.6 is 15.9 Å². The van der Waals surface area contributed by atoms with Crippen LogP contribution in [0.5, 0.6) is 0 Å². The topological polar surface area (TPSA) is 232 Å². The molecule has 0 spiro atoms. The van der Waals surface area contributed by atoms with Crippen molar-refractivity contribution in [1.29, 1.82) is 0 Å². The van der Waals surface area contributed by atoms with Crippen LogP contribution in [0.1, 0.15) is 73.7 Å². The predicted octanol–water partition coefficient (Wildman–Crippen LogP) is 3.39. The lowest BCUT2D eigenvalue weighted by molar-refractivity contribution is -0.138. The number of ether oxygens (including phenoxy) is 4. The minimum Gasteiger partial charge on any atom is -0.378 e. The highest BCUT2D eigenvalue weighted by atomic mass is 79.9. The van der Waals surface area contributed by atoms with E-state index in [1.807, 2.05) is 30.3 Å². The number of aromatic nitrogens is 5. The van der Waals surface area contributed by atoms with Crippen molar-refractivity contribution >= 4 is 61.9 Å². The molecule has 63 heavy (non-hydrogen) atoms. The molecule has 0 radical (unpaired) electrons. The Morgan fingerprint density at radius 2 is 1.63 bits per heavy atom. The molecular formula is C44H54BrN9O9. The molecule has 336 valence electrons. The van der Waals surface area contributed by atoms with Crippen LogP contribution in [0.25, 0.3) is 22.0 Å². The highest BCUT2D eigenvalue weighted by Gasteiger charge is 2.64. The molecule has 1 saturated heterocycles. The van der Waals surface area contributed by atoms with Crippen molar-refractivity contribution in [3.05, 3.63) is 64.4 Å². The summed E-state index contributed by atoms with van der Waals surface area (Å²) >= 11 is 3.43. The first-order chi connectivity index (χ1) is 30.4. The molecule has 3 amide bonds. The minimum absolute atomic E-state index is 0.0513. The Labute approximate surface area is 373 Å². The zero-order chi connectivity index (χ0) is 44.5. The van der Waals surface area contributed by atoms with Gasteiger partial charge in [-0.3, -0.25) is 28.7 Å². The first-order valence-corrected chi connectivity index (χ1v) is 22.1. The molecule has 4 aromatic rings. The van der Waals surface area contributed by atoms with Gasteiger partial charge in [-0.1, -0.05) is 19.1 Å². The Bertz CT molecular complexity index is 2300. The summed E-state index contributed by atoms with van der Waals surface area (Å²) in [5.74, 6) is 0.316. The molecule has 3 aromatic heterocycles. The van der Waals surface area contributed by atoms with Gasteiger partial charge in [-0.05, 0) is 82.3 Å². The number of aryl methyl sites for hydroxylation is 1. The maximum absolute atomic E-state index is 14.1. The number of piperidine rings is 1. The van der Waals surface area contributed by atoms with Crippen molar-refractivity contribution in [1.82, 2.24) is 34.9 Å². The van der Waals surface area contributed by atoms with Gasteiger partial charge >= 0.3 is 0 Å². The lowest BCUT2D eigenvalue weighted by Gasteiger charge is -2.27. The predicted molar refractivity (Wildman–Crippen MR) is 234 cm³/mol. The molecular weight excluding hydrogens is 878 g/mol. The van der Waals surface area contributed by atoms with E-state index in [1.165, 1.54) is 6.92 Å². The summed E-state index contributed by atoms with van der Waals surface area (Å²) in [5.41, 5.74) is 8.51. The van der Waals surface area contributed by atoms with Crippen LogP contribution in [0, 0.1) is 5.41 Å². The number of likely N-dealkylation sites (tertiary alicyclic amines) is 1. The average molecular weight is 933 g/mol. The smallest absolute Gasteiger partial charge is 0.248 e. The van der Waals surface area contributed by atoms with Crippen LogP contribution in [0.3, 0.4) is 0 Å². The first-order valence-electron chi connectivity index (χ1n) is 21.3. The van der Waals surface area contributed by atoms with E-state index in [0.29, 0.717) is 91.0 Å². The number of nitrogens with two attached hydrogens (primary N) is 1. The number of carbonyl (C=O) groups is 5. The molecule has 4 heterocycles. The van der Waals surface area contributed by atoms with Crippen molar-refractivity contribution < 1.29 is 42.9 Å². The zero-order valence-corrected chi connectivity index (χ0v) is 37.2. The fraction of sp³-hybridized carbons (Fsp3) is 0.523. The first kappa shape index (κ1) is 46.0. The number of nitrogens with zero attached hydrogens (tertiary/aromatic N) is 6. The summed E-state index contributed by atoms with van der Waals surface area (Å²) in [4.78, 5) is 80.2. The third-order valence-electron chi connectivity index (χ3n) is 11.5. The van der Waals surface area contributed by atoms with Crippen LogP contribution < -0.4 is 16.4 Å². The van der Waals surface area contributed by atoms with E-state index in [2.05, 4.69) is 53.5 Å². The molecule has 3 aliphatic rings. The second-order valence-corrected chi connectivity index (χ2v) is 17.2. The van der Waals surface area contributed by atoms with Gasteiger partial charge in [0.15, 0.2) is 11.6 Å². The van der Waals surface area contributed by atoms with Crippen molar-refractivity contribution in [2.24, 2.45) is 11.1 Å². The molecule has 19 heteroatoms. The number of fused-ring (bicyclic) bond motifs is 2. The van der Waals surface area contributed by atoms with Crippen LogP contribution in [0.4, 0.5) is 5.82 Å². The Balaban J connectivity index is 0.873. The molecule has 2 saturated carbocycles. The normalized spacial score (nSPS) is 19.0. The number of amides is 3. The summed E-state index contributed by atoms with van der Waals surface area (Å²) in [5, 5.41) is 10.9. The number of anilines is 1. The van der Waals surface area contributed by atoms with E-state index < -0.39 is 6.04 Å². The third kappa shape index (κ3) is 12.0. The fourth-order valence-electron chi connectivity index (χ4n) is 7.92. The molecule has 7 rings (SSSR count). The van der Waals surface area contributed by atoms with Gasteiger partial charge in [-0.15, -0.1) is 0 Å². The molecule has 2 aliphatic carbocycles. The summed E-state index contributed by atoms with van der Waals surface area (Å²) in [6.07, 6.45) is 7.37. The molecule has 0 unspecified atom stereocenters. The van der Waals surface area contributed by atoms with Gasteiger partial charge in [-0.25, -0.2) is 15.0 Å². The molecule has 1 aromatic carbocycles. The minimum atomic E-state index is -0.653. The van der Waals surface area contributed by atoms with E-state index in [9.17, 15) is 24.0 Å². The lowest BCUT2D eigenvalue weighted by atomic mass is 10.0. The van der Waals surface area contributed by atoms with E-state index >= 15 is 0 Å². The molecule has 3 atom stereocenters. The van der Waals surface area contributed by atoms with Gasteiger partial charge in [0.05, 0.1) is 45.2 Å². The second-order valence-electron chi connectivity index (χ2n) is 16.4. The second kappa shape index (κ2) is 21.1. The van der Waals surface area contributed by atoms with Crippen molar-refractivity contribution in [3.8, 4) is 11.1 Å². The SMILES string of the molecule is CC(=O)c1nn(CC(=O)N2[C@H](C(=O)Nc3nc(Br)ccc3C3CC3)C[C@@]3(C)C[C@@H]23)c2ccc(-c3cnc(CCC(=O)COCCOCCNC(=O)COCCOCCN)nc3)cc12. The number of ketones is 2. The van der Waals surface area contributed by atoms with Gasteiger partial charge in [-0.2, -0.15) is 5.10 Å². The van der Waals surface area contributed by atoms with E-state index in [1.54, 1.807) is 22.0 Å². The standard InChI is InChI=1S/C44H54BrN9O9/c1-27(55)41-33-19-29(30-22-48-38(49-23-30)10-6-31(56)25-62-17-16-61-14-12-47-39(57)26-63-18-15-60-13-11-46)5-8-34(33)53(52-41)24-40(58)54-35(20-44(2)21-36(44)54)43(59)51-42-32(28-3-4-28)7-9-37(45)50-42/h5,7-9,19,22-23,28,35-36H,3-4,6,10-18,20-21,24-26,46H2,1-2H3,(H,47,57)(H,50,51,59)/t35-,36+,44-/m0/s1. The summed E-state index contributed by atoms with van der Waals surface area (Å²) in [6, 6.07) is 8.69. The monoisotopic (exact) mass is 931 g/mol. The number of hydrogen-bond donors (Lipinski definition) is 3. The summed E-state index contributed by atoms with van der Waals surface area (Å²) in [7, 11) is 0. The Hall–Kier alpha value is -5.05. The third-order valence-corrected chi connectivity index (χ3v) is 11.9. The molecule has 3 fully saturated rings. The van der Waals surface area contributed by atoms with Crippen LogP contribution in [-0.2, 0) is 51.1 Å². The zero-order valence-electron chi connectivity index (χ0n) is 35.6. The number of carbonyl (C=O) groups excluding carboxylic acids is 5. The van der Waals surface area contributed by atoms with Crippen molar-refractivity contribution in [2.75, 3.05) is 71.3 Å². The highest BCUT2D eigenvalue weighted by Crippen LogP contribution is 2.59. The summed E-state index contributed by atoms with van der Waals surface area (Å²) < 4.78 is 23.4. The highest BCUT2D eigenvalue weighted by molar-refractivity contribution is 9.10. The number of nitrogens with one attached hydrogen (secondary N) is 2. The quantitative estimate of drug-likeness (QED) is 0.0492. The van der Waals surface area contributed by atoms with Crippen LogP contribution in [0.15, 0.2) is 47.3 Å².